The molecule has 0 aliphatic heterocycles. The molecule has 2 amide bonds. The Labute approximate surface area is 122 Å². The molecule has 0 bridgehead atoms. The first-order valence-corrected chi connectivity index (χ1v) is 6.82. The molecular formula is C15H19N3O3. The minimum absolute atomic E-state index is 0.00748. The zero-order valence-corrected chi connectivity index (χ0v) is 12.6. The normalized spacial score (nSPS) is 12.4. The summed E-state index contributed by atoms with van der Waals surface area (Å²) in [6.45, 7) is 6.92. The van der Waals surface area contributed by atoms with Gasteiger partial charge in [-0.2, -0.15) is 0 Å². The van der Waals surface area contributed by atoms with Crippen LogP contribution >= 0.6 is 0 Å². The van der Waals surface area contributed by atoms with E-state index in [1.54, 1.807) is 25.1 Å². The van der Waals surface area contributed by atoms with E-state index in [9.17, 15) is 9.59 Å². The highest BCUT2D eigenvalue weighted by Gasteiger charge is 2.23. The maximum Gasteiger partial charge on any atom is 0.247 e. The van der Waals surface area contributed by atoms with Crippen molar-refractivity contribution in [2.24, 2.45) is 5.92 Å². The van der Waals surface area contributed by atoms with Crippen molar-refractivity contribution in [3.63, 3.8) is 0 Å². The number of benzene rings is 1. The van der Waals surface area contributed by atoms with E-state index >= 15 is 0 Å². The Bertz CT molecular complexity index is 676. The molecular weight excluding hydrogens is 270 g/mol. The van der Waals surface area contributed by atoms with Gasteiger partial charge in [0.25, 0.3) is 0 Å². The van der Waals surface area contributed by atoms with Crippen LogP contribution in [0.2, 0.25) is 0 Å². The topological polar surface area (TPSA) is 84.2 Å². The lowest BCUT2D eigenvalue weighted by atomic mass is 10.0. The largest absolute Gasteiger partial charge is 0.441 e. The van der Waals surface area contributed by atoms with Crippen LogP contribution in [0.15, 0.2) is 22.6 Å². The third kappa shape index (κ3) is 3.59. The van der Waals surface area contributed by atoms with Crippen LogP contribution in [0, 0.1) is 12.8 Å². The summed E-state index contributed by atoms with van der Waals surface area (Å²) in [5, 5.41) is 5.45. The highest BCUT2D eigenvalue weighted by Crippen LogP contribution is 2.20. The Hall–Kier alpha value is -2.37. The van der Waals surface area contributed by atoms with Crippen LogP contribution in [-0.2, 0) is 9.59 Å². The molecule has 2 rings (SSSR count). The van der Waals surface area contributed by atoms with Crippen molar-refractivity contribution in [1.29, 1.82) is 0 Å². The molecule has 0 unspecified atom stereocenters. The maximum absolute atomic E-state index is 12.3. The number of fused-ring (bicyclic) bond motifs is 1. The summed E-state index contributed by atoms with van der Waals surface area (Å²) in [7, 11) is 0. The maximum atomic E-state index is 12.3. The fourth-order valence-corrected chi connectivity index (χ4v) is 2.09. The summed E-state index contributed by atoms with van der Waals surface area (Å²) >= 11 is 0. The summed E-state index contributed by atoms with van der Waals surface area (Å²) in [4.78, 5) is 27.7. The summed E-state index contributed by atoms with van der Waals surface area (Å²) in [6, 6.07) is 4.68. The Morgan fingerprint density at radius 2 is 2.00 bits per heavy atom. The molecule has 1 aromatic heterocycles. The molecule has 1 atom stereocenters. The molecule has 6 heteroatoms. The third-order valence-electron chi connectivity index (χ3n) is 3.07. The van der Waals surface area contributed by atoms with E-state index in [0.29, 0.717) is 22.7 Å². The Balaban J connectivity index is 2.17. The first kappa shape index (κ1) is 15.0. The van der Waals surface area contributed by atoms with E-state index in [1.165, 1.54) is 6.92 Å². The van der Waals surface area contributed by atoms with Gasteiger partial charge in [-0.15, -0.1) is 0 Å². The average molecular weight is 289 g/mol. The number of amides is 2. The zero-order chi connectivity index (χ0) is 15.6. The number of rotatable bonds is 4. The van der Waals surface area contributed by atoms with Crippen LogP contribution < -0.4 is 10.6 Å². The Kier molecular flexibility index (Phi) is 4.26. The number of carbonyl (C=O) groups excluding carboxylic acids is 2. The van der Waals surface area contributed by atoms with Crippen LogP contribution in [0.5, 0.6) is 0 Å². The second-order valence-corrected chi connectivity index (χ2v) is 5.33. The van der Waals surface area contributed by atoms with Gasteiger partial charge in [-0.25, -0.2) is 4.98 Å². The van der Waals surface area contributed by atoms with Gasteiger partial charge in [-0.3, -0.25) is 9.59 Å². The molecule has 1 aromatic carbocycles. The molecule has 6 nitrogen and oxygen atoms in total. The molecule has 2 N–H and O–H groups in total. The molecule has 2 aromatic rings. The third-order valence-corrected chi connectivity index (χ3v) is 3.07. The number of aromatic nitrogens is 1. The fraction of sp³-hybridized carbons (Fsp3) is 0.400. The number of oxazole rings is 1. The predicted molar refractivity (Wildman–Crippen MR) is 79.8 cm³/mol. The number of hydrogen-bond donors (Lipinski definition) is 2. The van der Waals surface area contributed by atoms with Crippen molar-refractivity contribution in [3.05, 3.63) is 24.1 Å². The van der Waals surface area contributed by atoms with E-state index < -0.39 is 6.04 Å². The molecule has 21 heavy (non-hydrogen) atoms. The van der Waals surface area contributed by atoms with Crippen molar-refractivity contribution in [3.8, 4) is 0 Å². The van der Waals surface area contributed by atoms with E-state index in [2.05, 4.69) is 15.6 Å². The number of aryl methyl sites for hydroxylation is 1. The number of nitrogens with zero attached hydrogens (tertiary/aromatic N) is 1. The van der Waals surface area contributed by atoms with Gasteiger partial charge < -0.3 is 15.1 Å². The number of hydrogen-bond acceptors (Lipinski definition) is 4. The lowest BCUT2D eigenvalue weighted by Crippen LogP contribution is -2.46. The molecule has 0 saturated carbocycles. The minimum atomic E-state index is -0.572. The van der Waals surface area contributed by atoms with Crippen molar-refractivity contribution < 1.29 is 14.0 Å². The second-order valence-electron chi connectivity index (χ2n) is 5.33. The van der Waals surface area contributed by atoms with E-state index in [4.69, 9.17) is 4.42 Å². The van der Waals surface area contributed by atoms with Crippen LogP contribution in [0.25, 0.3) is 11.1 Å². The van der Waals surface area contributed by atoms with Crippen LogP contribution in [0.4, 0.5) is 5.69 Å². The van der Waals surface area contributed by atoms with Crippen molar-refractivity contribution in [2.45, 2.75) is 33.7 Å². The van der Waals surface area contributed by atoms with E-state index in [0.717, 1.165) is 0 Å². The molecule has 0 aliphatic carbocycles. The summed E-state index contributed by atoms with van der Waals surface area (Å²) in [6.07, 6.45) is 0. The molecule has 0 radical (unpaired) electrons. The first-order chi connectivity index (χ1) is 9.86. The summed E-state index contributed by atoms with van der Waals surface area (Å²) in [5.41, 5.74) is 1.98. The monoisotopic (exact) mass is 289 g/mol. The Morgan fingerprint density at radius 3 is 2.62 bits per heavy atom. The predicted octanol–water partition coefficient (Wildman–Crippen LogP) is 2.24. The highest BCUT2D eigenvalue weighted by molar-refractivity contribution is 5.98. The second kappa shape index (κ2) is 5.95. The van der Waals surface area contributed by atoms with E-state index in [-0.39, 0.29) is 17.7 Å². The van der Waals surface area contributed by atoms with Gasteiger partial charge in [0, 0.05) is 19.5 Å². The Morgan fingerprint density at radius 1 is 1.29 bits per heavy atom. The van der Waals surface area contributed by atoms with Gasteiger partial charge in [0.15, 0.2) is 11.5 Å². The van der Waals surface area contributed by atoms with Crippen LogP contribution in [-0.4, -0.2) is 22.8 Å². The zero-order valence-electron chi connectivity index (χ0n) is 12.6. The van der Waals surface area contributed by atoms with Gasteiger partial charge in [0.1, 0.15) is 11.6 Å². The summed E-state index contributed by atoms with van der Waals surface area (Å²) < 4.78 is 5.39. The fourth-order valence-electron chi connectivity index (χ4n) is 2.09. The SMILES string of the molecule is CC(=O)N[C@H](C(=O)Nc1ccc2oc(C)nc2c1)C(C)C. The van der Waals surface area contributed by atoms with Gasteiger partial charge in [-0.1, -0.05) is 13.8 Å². The van der Waals surface area contributed by atoms with Crippen molar-refractivity contribution >= 4 is 28.6 Å². The molecule has 0 aliphatic rings. The number of anilines is 1. The molecule has 0 fully saturated rings. The number of nitrogens with one attached hydrogen (secondary N) is 2. The standard InChI is InChI=1S/C15H19N3O3/c1-8(2)14(16-9(3)19)15(20)18-11-5-6-13-12(7-11)17-10(4)21-13/h5-8,14H,1-4H3,(H,16,19)(H,18,20)/t14-/m0/s1. The van der Waals surface area contributed by atoms with Crippen molar-refractivity contribution in [1.82, 2.24) is 10.3 Å². The first-order valence-electron chi connectivity index (χ1n) is 6.82. The molecule has 1 heterocycles. The van der Waals surface area contributed by atoms with E-state index in [1.807, 2.05) is 13.8 Å². The van der Waals surface area contributed by atoms with Gasteiger partial charge in [0.05, 0.1) is 0 Å². The average Bonchev–Trinajstić information content (AvgIpc) is 2.74. The lowest BCUT2D eigenvalue weighted by molar-refractivity contribution is -0.126. The minimum Gasteiger partial charge on any atom is -0.441 e. The lowest BCUT2D eigenvalue weighted by Gasteiger charge is -2.20. The molecule has 0 saturated heterocycles. The quantitative estimate of drug-likeness (QED) is 0.904. The van der Waals surface area contributed by atoms with Gasteiger partial charge >= 0.3 is 0 Å². The van der Waals surface area contributed by atoms with Crippen LogP contribution in [0.1, 0.15) is 26.7 Å². The van der Waals surface area contributed by atoms with Crippen molar-refractivity contribution in [2.75, 3.05) is 5.32 Å². The molecule has 112 valence electrons. The summed E-state index contributed by atoms with van der Waals surface area (Å²) in [5.74, 6) is 0.0879. The van der Waals surface area contributed by atoms with Gasteiger partial charge in [-0.05, 0) is 24.1 Å². The highest BCUT2D eigenvalue weighted by atomic mass is 16.3. The van der Waals surface area contributed by atoms with Gasteiger partial charge in [0.2, 0.25) is 11.8 Å². The smallest absolute Gasteiger partial charge is 0.247 e. The number of carbonyl (C=O) groups is 2. The molecule has 0 spiro atoms. The van der Waals surface area contributed by atoms with Crippen LogP contribution in [0.3, 0.4) is 0 Å².